The van der Waals surface area contributed by atoms with Crippen LogP contribution in [0.4, 0.5) is 0 Å². The fraction of sp³-hybridized carbons (Fsp3) is 0.226. The lowest BCUT2D eigenvalue weighted by atomic mass is 9.93. The largest absolute Gasteiger partial charge is 0.508 e. The SMILES string of the molecule is Cc1cc(C)c(O)c(Cc2cc(Cc3cc(Cc4cc(C)cc(C)c4O)c(O)cc3O)c(O)cc2O)c1. The lowest BCUT2D eigenvalue weighted by Gasteiger charge is -2.15. The lowest BCUT2D eigenvalue weighted by Crippen LogP contribution is -1.98. The van der Waals surface area contributed by atoms with Gasteiger partial charge < -0.3 is 30.6 Å². The predicted octanol–water partition coefficient (Wildman–Crippen LogP) is 5.93. The van der Waals surface area contributed by atoms with Gasteiger partial charge in [0.15, 0.2) is 0 Å². The number of rotatable bonds is 6. The lowest BCUT2D eigenvalue weighted by molar-refractivity contribution is 0.439. The topological polar surface area (TPSA) is 121 Å². The molecule has 0 amide bonds. The molecule has 4 rings (SSSR count). The highest BCUT2D eigenvalue weighted by atomic mass is 16.3. The first-order valence-corrected chi connectivity index (χ1v) is 12.1. The van der Waals surface area contributed by atoms with E-state index in [1.807, 2.05) is 52.0 Å². The highest BCUT2D eigenvalue weighted by Crippen LogP contribution is 2.37. The molecule has 0 aliphatic carbocycles. The van der Waals surface area contributed by atoms with Crippen LogP contribution in [0.5, 0.6) is 34.5 Å². The molecule has 0 unspecified atom stereocenters. The van der Waals surface area contributed by atoms with E-state index < -0.39 is 0 Å². The van der Waals surface area contributed by atoms with Gasteiger partial charge in [-0.25, -0.2) is 0 Å². The zero-order valence-electron chi connectivity index (χ0n) is 21.4. The van der Waals surface area contributed by atoms with Gasteiger partial charge in [-0.15, -0.1) is 0 Å². The van der Waals surface area contributed by atoms with Gasteiger partial charge in [0.2, 0.25) is 0 Å². The molecule has 0 saturated carbocycles. The Morgan fingerprint density at radius 2 is 0.676 bits per heavy atom. The van der Waals surface area contributed by atoms with Crippen molar-refractivity contribution in [2.24, 2.45) is 0 Å². The van der Waals surface area contributed by atoms with Crippen LogP contribution < -0.4 is 0 Å². The molecule has 4 aromatic carbocycles. The van der Waals surface area contributed by atoms with Gasteiger partial charge >= 0.3 is 0 Å². The summed E-state index contributed by atoms with van der Waals surface area (Å²) in [7, 11) is 0. The van der Waals surface area contributed by atoms with Crippen molar-refractivity contribution in [2.75, 3.05) is 0 Å². The molecule has 37 heavy (non-hydrogen) atoms. The minimum Gasteiger partial charge on any atom is -0.508 e. The average Bonchev–Trinajstić information content (AvgIpc) is 2.81. The normalized spacial score (nSPS) is 11.1. The smallest absolute Gasteiger partial charge is 0.122 e. The third-order valence-corrected chi connectivity index (χ3v) is 6.75. The van der Waals surface area contributed by atoms with Gasteiger partial charge in [-0.2, -0.15) is 0 Å². The molecule has 4 aromatic rings. The Morgan fingerprint density at radius 1 is 0.378 bits per heavy atom. The van der Waals surface area contributed by atoms with Crippen molar-refractivity contribution in [3.8, 4) is 34.5 Å². The molecule has 6 nitrogen and oxygen atoms in total. The molecule has 6 heteroatoms. The Kier molecular flexibility index (Phi) is 6.94. The van der Waals surface area contributed by atoms with E-state index in [0.29, 0.717) is 33.4 Å². The minimum absolute atomic E-state index is 0.0966. The van der Waals surface area contributed by atoms with Crippen LogP contribution in [0, 0.1) is 27.7 Å². The summed E-state index contributed by atoms with van der Waals surface area (Å²) in [6, 6.07) is 13.3. The second kappa shape index (κ2) is 9.97. The van der Waals surface area contributed by atoms with Crippen LogP contribution in [0.15, 0.2) is 48.5 Å². The number of hydrogen-bond acceptors (Lipinski definition) is 6. The number of aromatic hydroxyl groups is 6. The molecular weight excluding hydrogens is 468 g/mol. The number of phenols is 6. The van der Waals surface area contributed by atoms with Crippen LogP contribution >= 0.6 is 0 Å². The molecule has 0 radical (unpaired) electrons. The molecule has 0 fully saturated rings. The Morgan fingerprint density at radius 3 is 1.00 bits per heavy atom. The summed E-state index contributed by atoms with van der Waals surface area (Å²) in [6.07, 6.45) is 0.647. The highest BCUT2D eigenvalue weighted by molar-refractivity contribution is 5.55. The molecule has 0 aliphatic rings. The highest BCUT2D eigenvalue weighted by Gasteiger charge is 2.17. The number of aryl methyl sites for hydroxylation is 4. The monoisotopic (exact) mass is 500 g/mol. The fourth-order valence-corrected chi connectivity index (χ4v) is 4.89. The first-order valence-electron chi connectivity index (χ1n) is 12.1. The van der Waals surface area contributed by atoms with Crippen molar-refractivity contribution in [1.29, 1.82) is 0 Å². The van der Waals surface area contributed by atoms with Crippen LogP contribution in [0.2, 0.25) is 0 Å². The quantitative estimate of drug-likeness (QED) is 0.195. The van der Waals surface area contributed by atoms with E-state index in [0.717, 1.165) is 22.3 Å². The number of hydrogen-bond donors (Lipinski definition) is 6. The second-order valence-electron chi connectivity index (χ2n) is 9.93. The molecule has 0 spiro atoms. The Bertz CT molecular complexity index is 1390. The summed E-state index contributed by atoms with van der Waals surface area (Å²) >= 11 is 0. The Hall–Kier alpha value is -4.32. The minimum atomic E-state index is -0.133. The van der Waals surface area contributed by atoms with Crippen LogP contribution in [0.1, 0.15) is 55.6 Å². The third-order valence-electron chi connectivity index (χ3n) is 6.75. The number of phenolic OH excluding ortho intramolecular Hbond substituents is 6. The van der Waals surface area contributed by atoms with Gasteiger partial charge in [-0.3, -0.25) is 0 Å². The molecule has 0 bridgehead atoms. The maximum Gasteiger partial charge on any atom is 0.122 e. The van der Waals surface area contributed by atoms with E-state index in [4.69, 9.17) is 0 Å². The van der Waals surface area contributed by atoms with E-state index in [9.17, 15) is 30.6 Å². The van der Waals surface area contributed by atoms with Gasteiger partial charge in [0.1, 0.15) is 34.5 Å². The van der Waals surface area contributed by atoms with Crippen molar-refractivity contribution in [3.63, 3.8) is 0 Å². The summed E-state index contributed by atoms with van der Waals surface area (Å²) in [5, 5.41) is 63.1. The zero-order chi connectivity index (χ0) is 27.0. The first kappa shape index (κ1) is 25.8. The van der Waals surface area contributed by atoms with Crippen LogP contribution in [-0.2, 0) is 19.3 Å². The van der Waals surface area contributed by atoms with Crippen LogP contribution in [0.25, 0.3) is 0 Å². The van der Waals surface area contributed by atoms with Gasteiger partial charge in [0.05, 0.1) is 0 Å². The third kappa shape index (κ3) is 5.43. The van der Waals surface area contributed by atoms with Crippen LogP contribution in [0.3, 0.4) is 0 Å². The molecule has 0 saturated heterocycles. The average molecular weight is 501 g/mol. The summed E-state index contributed by atoms with van der Waals surface area (Å²) in [5.41, 5.74) is 6.75. The Labute approximate surface area is 216 Å². The predicted molar refractivity (Wildman–Crippen MR) is 143 cm³/mol. The van der Waals surface area contributed by atoms with E-state index in [2.05, 4.69) is 0 Å². The van der Waals surface area contributed by atoms with E-state index >= 15 is 0 Å². The molecule has 192 valence electrons. The molecule has 0 atom stereocenters. The van der Waals surface area contributed by atoms with Crippen molar-refractivity contribution in [2.45, 2.75) is 47.0 Å². The van der Waals surface area contributed by atoms with Crippen molar-refractivity contribution >= 4 is 0 Å². The van der Waals surface area contributed by atoms with Gasteiger partial charge in [-0.05, 0) is 84.3 Å². The molecule has 6 N–H and O–H groups in total. The summed E-state index contributed by atoms with van der Waals surface area (Å²) < 4.78 is 0. The summed E-state index contributed by atoms with van der Waals surface area (Å²) in [5.74, 6) is -0.134. The maximum absolute atomic E-state index is 10.6. The maximum atomic E-state index is 10.6. The number of benzene rings is 4. The molecule has 0 aliphatic heterocycles. The summed E-state index contributed by atoms with van der Waals surface area (Å²) in [4.78, 5) is 0. The summed E-state index contributed by atoms with van der Waals surface area (Å²) in [6.45, 7) is 7.50. The van der Waals surface area contributed by atoms with Crippen molar-refractivity contribution < 1.29 is 30.6 Å². The van der Waals surface area contributed by atoms with Gasteiger partial charge in [0.25, 0.3) is 0 Å². The zero-order valence-corrected chi connectivity index (χ0v) is 21.4. The van der Waals surface area contributed by atoms with Crippen molar-refractivity contribution in [3.05, 3.63) is 104 Å². The van der Waals surface area contributed by atoms with Crippen molar-refractivity contribution in [1.82, 2.24) is 0 Å². The van der Waals surface area contributed by atoms with Gasteiger partial charge in [0, 0.05) is 31.4 Å². The second-order valence-corrected chi connectivity index (χ2v) is 9.93. The fourth-order valence-electron chi connectivity index (χ4n) is 4.89. The Balaban J connectivity index is 1.68. The van der Waals surface area contributed by atoms with E-state index in [1.54, 1.807) is 12.1 Å². The molecule has 0 aromatic heterocycles. The molecule has 0 heterocycles. The van der Waals surface area contributed by atoms with E-state index in [-0.39, 0.29) is 53.8 Å². The van der Waals surface area contributed by atoms with E-state index in [1.165, 1.54) is 12.1 Å². The molecular formula is C31H32O6. The standard InChI is InChI=1S/C31H32O6/c1-16-5-18(3)30(36)24(7-16)12-22-10-20(26(32)14-28(22)34)9-21-11-23(29(35)15-27(21)33)13-25-8-17(2)6-19(4)31(25)37/h5-8,10-11,14-15,32-37H,9,12-13H2,1-4H3. The first-order chi connectivity index (χ1) is 17.4. The van der Waals surface area contributed by atoms with Crippen LogP contribution in [-0.4, -0.2) is 30.6 Å². The van der Waals surface area contributed by atoms with Gasteiger partial charge in [-0.1, -0.05) is 35.4 Å².